The van der Waals surface area contributed by atoms with Crippen LogP contribution in [0.2, 0.25) is 0 Å². The third-order valence-electron chi connectivity index (χ3n) is 3.81. The number of methoxy groups -OCH3 is 1. The molecule has 0 aliphatic heterocycles. The minimum absolute atomic E-state index is 0.188. The topological polar surface area (TPSA) is 87.7 Å². The number of benzene rings is 2. The Hall–Kier alpha value is -3.20. The number of para-hydroxylation sites is 2. The van der Waals surface area contributed by atoms with Gasteiger partial charge in [-0.1, -0.05) is 41.2 Å². The van der Waals surface area contributed by atoms with Crippen molar-refractivity contribution in [1.29, 1.82) is 0 Å². The molecule has 0 N–H and O–H groups in total. The SMILES string of the molecule is COc1ccccc1-n1cnnc1SCn1nnc2ccccc2c1=O. The van der Waals surface area contributed by atoms with Gasteiger partial charge in [0.15, 0.2) is 5.16 Å². The highest BCUT2D eigenvalue weighted by atomic mass is 32.2. The van der Waals surface area contributed by atoms with Crippen molar-refractivity contribution in [3.05, 3.63) is 65.2 Å². The van der Waals surface area contributed by atoms with Crippen LogP contribution in [-0.2, 0) is 5.88 Å². The lowest BCUT2D eigenvalue weighted by Gasteiger charge is -2.10. The standard InChI is InChI=1S/C17H14N6O2S/c1-25-15-9-5-4-8-14(15)22-10-18-20-17(22)26-11-23-16(24)12-6-2-3-7-13(12)19-21-23/h2-10H,11H2,1H3. The molecule has 0 bridgehead atoms. The van der Waals surface area contributed by atoms with E-state index in [4.69, 9.17) is 4.74 Å². The van der Waals surface area contributed by atoms with E-state index in [0.29, 0.717) is 21.8 Å². The van der Waals surface area contributed by atoms with Crippen LogP contribution >= 0.6 is 11.8 Å². The maximum Gasteiger partial charge on any atom is 0.278 e. The van der Waals surface area contributed by atoms with Crippen LogP contribution in [0.3, 0.4) is 0 Å². The predicted octanol–water partition coefficient (Wildman–Crippen LogP) is 2.13. The number of thioether (sulfide) groups is 1. The van der Waals surface area contributed by atoms with Gasteiger partial charge < -0.3 is 4.74 Å². The summed E-state index contributed by atoms with van der Waals surface area (Å²) in [5, 5.41) is 17.3. The van der Waals surface area contributed by atoms with E-state index >= 15 is 0 Å². The smallest absolute Gasteiger partial charge is 0.278 e. The van der Waals surface area contributed by atoms with Gasteiger partial charge in [-0.25, -0.2) is 0 Å². The van der Waals surface area contributed by atoms with Gasteiger partial charge in [-0.05, 0) is 24.3 Å². The maximum atomic E-state index is 12.5. The molecule has 2 aromatic heterocycles. The Labute approximate surface area is 152 Å². The lowest BCUT2D eigenvalue weighted by molar-refractivity contribution is 0.412. The highest BCUT2D eigenvalue weighted by Gasteiger charge is 2.12. The molecule has 0 radical (unpaired) electrons. The van der Waals surface area contributed by atoms with Crippen molar-refractivity contribution in [2.24, 2.45) is 0 Å². The Morgan fingerprint density at radius 2 is 1.88 bits per heavy atom. The van der Waals surface area contributed by atoms with Crippen LogP contribution in [0.15, 0.2) is 64.8 Å². The van der Waals surface area contributed by atoms with Gasteiger partial charge in [0.05, 0.1) is 24.1 Å². The van der Waals surface area contributed by atoms with E-state index in [2.05, 4.69) is 20.5 Å². The summed E-state index contributed by atoms with van der Waals surface area (Å²) in [6.07, 6.45) is 1.61. The molecule has 0 fully saturated rings. The summed E-state index contributed by atoms with van der Waals surface area (Å²) < 4.78 is 8.51. The first-order valence-electron chi connectivity index (χ1n) is 7.76. The van der Waals surface area contributed by atoms with E-state index < -0.39 is 0 Å². The summed E-state index contributed by atoms with van der Waals surface area (Å²) in [5.74, 6) is 0.974. The molecule has 0 saturated heterocycles. The molecule has 130 valence electrons. The highest BCUT2D eigenvalue weighted by molar-refractivity contribution is 7.98. The van der Waals surface area contributed by atoms with Crippen LogP contribution in [0.4, 0.5) is 0 Å². The van der Waals surface area contributed by atoms with Gasteiger partial charge in [-0.15, -0.1) is 15.3 Å². The second-order valence-electron chi connectivity index (χ2n) is 5.34. The van der Waals surface area contributed by atoms with Crippen LogP contribution < -0.4 is 10.3 Å². The Kier molecular flexibility index (Phi) is 4.36. The molecule has 2 aromatic carbocycles. The third-order valence-corrected chi connectivity index (χ3v) is 4.72. The summed E-state index contributed by atoms with van der Waals surface area (Å²) >= 11 is 1.34. The number of fused-ring (bicyclic) bond motifs is 1. The molecule has 4 aromatic rings. The van der Waals surface area contributed by atoms with Gasteiger partial charge in [-0.3, -0.25) is 9.36 Å². The molecule has 26 heavy (non-hydrogen) atoms. The molecule has 4 rings (SSSR count). The largest absolute Gasteiger partial charge is 0.495 e. The quantitative estimate of drug-likeness (QED) is 0.500. The second kappa shape index (κ2) is 6.96. The summed E-state index contributed by atoms with van der Waals surface area (Å²) in [7, 11) is 1.61. The molecule has 0 aliphatic carbocycles. The average molecular weight is 366 g/mol. The van der Waals surface area contributed by atoms with Crippen molar-refractivity contribution in [3.8, 4) is 11.4 Å². The van der Waals surface area contributed by atoms with Crippen molar-refractivity contribution < 1.29 is 4.74 Å². The molecule has 2 heterocycles. The van der Waals surface area contributed by atoms with E-state index in [1.807, 2.05) is 34.9 Å². The Morgan fingerprint density at radius 3 is 2.77 bits per heavy atom. The number of nitrogens with zero attached hydrogens (tertiary/aromatic N) is 6. The summed E-state index contributed by atoms with van der Waals surface area (Å²) in [6.45, 7) is 0. The van der Waals surface area contributed by atoms with E-state index in [-0.39, 0.29) is 11.4 Å². The lowest BCUT2D eigenvalue weighted by Crippen LogP contribution is -2.23. The number of hydrogen-bond donors (Lipinski definition) is 0. The fourth-order valence-electron chi connectivity index (χ4n) is 2.54. The van der Waals surface area contributed by atoms with Crippen molar-refractivity contribution in [1.82, 2.24) is 29.8 Å². The van der Waals surface area contributed by atoms with Crippen molar-refractivity contribution >= 4 is 22.7 Å². The number of aromatic nitrogens is 6. The van der Waals surface area contributed by atoms with Crippen molar-refractivity contribution in [2.45, 2.75) is 11.0 Å². The highest BCUT2D eigenvalue weighted by Crippen LogP contribution is 2.26. The van der Waals surface area contributed by atoms with Crippen LogP contribution in [0.25, 0.3) is 16.6 Å². The molecule has 0 atom stereocenters. The Balaban J connectivity index is 1.63. The summed E-state index contributed by atoms with van der Waals surface area (Å²) in [6, 6.07) is 14.7. The number of ether oxygens (including phenoxy) is 1. The van der Waals surface area contributed by atoms with E-state index in [0.717, 1.165) is 5.69 Å². The van der Waals surface area contributed by atoms with Crippen molar-refractivity contribution in [3.63, 3.8) is 0 Å². The molecule has 0 saturated carbocycles. The molecule has 0 amide bonds. The molecule has 9 heteroatoms. The molecular formula is C17H14N6O2S. The first kappa shape index (κ1) is 16.3. The van der Waals surface area contributed by atoms with Gasteiger partial charge in [0, 0.05) is 0 Å². The van der Waals surface area contributed by atoms with E-state index in [1.165, 1.54) is 16.4 Å². The normalized spacial score (nSPS) is 11.0. The van der Waals surface area contributed by atoms with Crippen LogP contribution in [0.1, 0.15) is 0 Å². The monoisotopic (exact) mass is 366 g/mol. The van der Waals surface area contributed by atoms with Gasteiger partial charge in [-0.2, -0.15) is 4.68 Å². The fraction of sp³-hybridized carbons (Fsp3) is 0.118. The van der Waals surface area contributed by atoms with E-state index in [9.17, 15) is 4.79 Å². The third kappa shape index (κ3) is 2.93. The lowest BCUT2D eigenvalue weighted by atomic mass is 10.2. The zero-order valence-electron chi connectivity index (χ0n) is 13.8. The van der Waals surface area contributed by atoms with Crippen LogP contribution in [0, 0.1) is 0 Å². The second-order valence-corrected chi connectivity index (χ2v) is 6.25. The van der Waals surface area contributed by atoms with Crippen LogP contribution in [-0.4, -0.2) is 36.9 Å². The molecule has 8 nitrogen and oxygen atoms in total. The fourth-order valence-corrected chi connectivity index (χ4v) is 3.34. The van der Waals surface area contributed by atoms with Gasteiger partial charge >= 0.3 is 0 Å². The molecular weight excluding hydrogens is 352 g/mol. The first-order chi connectivity index (χ1) is 12.8. The zero-order valence-corrected chi connectivity index (χ0v) is 14.6. The average Bonchev–Trinajstić information content (AvgIpc) is 3.16. The predicted molar refractivity (Wildman–Crippen MR) is 97.6 cm³/mol. The van der Waals surface area contributed by atoms with Crippen molar-refractivity contribution in [2.75, 3.05) is 7.11 Å². The first-order valence-corrected chi connectivity index (χ1v) is 8.75. The van der Waals surface area contributed by atoms with Crippen LogP contribution in [0.5, 0.6) is 5.75 Å². The molecule has 0 unspecified atom stereocenters. The maximum absolute atomic E-state index is 12.5. The number of hydrogen-bond acceptors (Lipinski definition) is 7. The Bertz CT molecular complexity index is 1120. The molecule has 0 aliphatic rings. The van der Waals surface area contributed by atoms with Gasteiger partial charge in [0.2, 0.25) is 0 Å². The van der Waals surface area contributed by atoms with Gasteiger partial charge in [0.1, 0.15) is 17.6 Å². The van der Waals surface area contributed by atoms with E-state index in [1.54, 1.807) is 31.6 Å². The summed E-state index contributed by atoms with van der Waals surface area (Å²) in [4.78, 5) is 12.5. The van der Waals surface area contributed by atoms with Gasteiger partial charge in [0.25, 0.3) is 5.56 Å². The zero-order chi connectivity index (χ0) is 17.9. The molecule has 0 spiro atoms. The minimum Gasteiger partial charge on any atom is -0.495 e. The summed E-state index contributed by atoms with van der Waals surface area (Å²) in [5.41, 5.74) is 1.21. The number of rotatable bonds is 5. The minimum atomic E-state index is -0.188. The Morgan fingerprint density at radius 1 is 1.08 bits per heavy atom.